The Morgan fingerprint density at radius 3 is 2.57 bits per heavy atom. The molecule has 9 heteroatoms. The zero-order valence-corrected chi connectivity index (χ0v) is 20.8. The summed E-state index contributed by atoms with van der Waals surface area (Å²) in [5.74, 6) is 2.27. The van der Waals surface area contributed by atoms with E-state index in [0.29, 0.717) is 43.7 Å². The Bertz CT molecular complexity index is 1370. The topological polar surface area (TPSA) is 87.4 Å². The van der Waals surface area contributed by atoms with E-state index in [2.05, 4.69) is 21.4 Å². The van der Waals surface area contributed by atoms with E-state index < -0.39 is 0 Å². The van der Waals surface area contributed by atoms with Crippen molar-refractivity contribution in [2.45, 2.75) is 27.3 Å². The second kappa shape index (κ2) is 9.54. The van der Waals surface area contributed by atoms with E-state index in [1.54, 1.807) is 6.92 Å². The van der Waals surface area contributed by atoms with Gasteiger partial charge < -0.3 is 19.6 Å². The molecule has 0 aliphatic carbocycles. The molecular weight excluding hydrogens is 464 g/mol. The highest BCUT2D eigenvalue weighted by molar-refractivity contribution is 6.30. The molecule has 2 aromatic heterocycles. The molecule has 8 nitrogen and oxygen atoms in total. The summed E-state index contributed by atoms with van der Waals surface area (Å²) in [5, 5.41) is 9.21. The number of nitrogens with zero attached hydrogens (tertiary/aromatic N) is 5. The Morgan fingerprint density at radius 1 is 1.09 bits per heavy atom. The molecule has 1 aliphatic heterocycles. The van der Waals surface area contributed by atoms with Crippen molar-refractivity contribution in [3.8, 4) is 11.1 Å². The van der Waals surface area contributed by atoms with Crippen molar-refractivity contribution in [3.05, 3.63) is 64.5 Å². The zero-order valence-electron chi connectivity index (χ0n) is 20.0. The predicted octanol–water partition coefficient (Wildman–Crippen LogP) is 4.84. The van der Waals surface area contributed by atoms with Crippen molar-refractivity contribution >= 4 is 40.2 Å². The number of aryl methyl sites for hydroxylation is 2. The van der Waals surface area contributed by atoms with Crippen LogP contribution in [0.3, 0.4) is 0 Å². The van der Waals surface area contributed by atoms with E-state index in [0.717, 1.165) is 44.9 Å². The predicted molar refractivity (Wildman–Crippen MR) is 138 cm³/mol. The monoisotopic (exact) mass is 490 g/mol. The van der Waals surface area contributed by atoms with Gasteiger partial charge in [0.05, 0.1) is 11.2 Å². The van der Waals surface area contributed by atoms with Gasteiger partial charge in [0.25, 0.3) is 0 Å². The van der Waals surface area contributed by atoms with Crippen molar-refractivity contribution in [1.29, 1.82) is 0 Å². The molecule has 1 N–H and O–H groups in total. The number of hydrogen-bond donors (Lipinski definition) is 1. The summed E-state index contributed by atoms with van der Waals surface area (Å²) in [6.45, 7) is 8.73. The van der Waals surface area contributed by atoms with Crippen LogP contribution in [0.1, 0.15) is 23.9 Å². The summed E-state index contributed by atoms with van der Waals surface area (Å²) >= 11 is 6.19. The third kappa shape index (κ3) is 4.79. The van der Waals surface area contributed by atoms with E-state index >= 15 is 0 Å². The van der Waals surface area contributed by atoms with Crippen LogP contribution in [0.2, 0.25) is 5.02 Å². The van der Waals surface area contributed by atoms with Gasteiger partial charge in [-0.2, -0.15) is 4.98 Å². The Hall–Kier alpha value is -3.65. The third-order valence-corrected chi connectivity index (χ3v) is 6.60. The number of halogens is 1. The molecule has 35 heavy (non-hydrogen) atoms. The minimum atomic E-state index is 0.0970. The zero-order chi connectivity index (χ0) is 24.5. The van der Waals surface area contributed by atoms with Gasteiger partial charge in [-0.05, 0) is 49.2 Å². The fourth-order valence-electron chi connectivity index (χ4n) is 4.50. The maximum Gasteiger partial charge on any atom is 0.228 e. The first-order valence-electron chi connectivity index (χ1n) is 11.6. The molecule has 0 radical (unpaired) electrons. The summed E-state index contributed by atoms with van der Waals surface area (Å²) in [7, 11) is 0. The summed E-state index contributed by atoms with van der Waals surface area (Å²) in [6.07, 6.45) is 0. The number of carbonyl (C=O) groups excluding carboxylic acids is 1. The standard InChI is InChI=1S/C26H27ClN6O2/c1-16-24(17(2)35-31-16)20-7-8-23-22(14-20)25(28-15-19-5-4-6-21(27)13-19)30-26(29-23)33-11-9-32(10-12-33)18(3)34/h4-8,13-14H,9-12,15H2,1-3H3,(H,28,29,30). The number of piperazine rings is 1. The number of amides is 1. The van der Waals surface area contributed by atoms with Gasteiger partial charge in [0.15, 0.2) is 0 Å². The van der Waals surface area contributed by atoms with E-state index in [-0.39, 0.29) is 5.91 Å². The molecule has 3 heterocycles. The number of aromatic nitrogens is 3. The van der Waals surface area contributed by atoms with Crippen LogP contribution < -0.4 is 10.2 Å². The lowest BCUT2D eigenvalue weighted by Gasteiger charge is -2.34. The fraction of sp³-hybridized carbons (Fsp3) is 0.308. The van der Waals surface area contributed by atoms with Gasteiger partial charge in [0, 0.05) is 55.6 Å². The largest absolute Gasteiger partial charge is 0.365 e. The number of nitrogens with one attached hydrogen (secondary N) is 1. The molecule has 180 valence electrons. The molecule has 0 bridgehead atoms. The lowest BCUT2D eigenvalue weighted by molar-refractivity contribution is -0.129. The van der Waals surface area contributed by atoms with Crippen LogP contribution in [0.5, 0.6) is 0 Å². The lowest BCUT2D eigenvalue weighted by Crippen LogP contribution is -2.48. The first-order chi connectivity index (χ1) is 16.9. The van der Waals surface area contributed by atoms with Crippen LogP contribution in [0.4, 0.5) is 11.8 Å². The highest BCUT2D eigenvalue weighted by atomic mass is 35.5. The van der Waals surface area contributed by atoms with E-state index in [1.807, 2.05) is 55.1 Å². The van der Waals surface area contributed by atoms with Gasteiger partial charge in [-0.1, -0.05) is 35.0 Å². The molecule has 1 saturated heterocycles. The van der Waals surface area contributed by atoms with Gasteiger partial charge in [0.2, 0.25) is 11.9 Å². The van der Waals surface area contributed by atoms with Crippen LogP contribution >= 0.6 is 11.6 Å². The van der Waals surface area contributed by atoms with Crippen molar-refractivity contribution in [2.24, 2.45) is 0 Å². The fourth-order valence-corrected chi connectivity index (χ4v) is 4.71. The number of rotatable bonds is 5. The highest BCUT2D eigenvalue weighted by Crippen LogP contribution is 2.32. The Balaban J connectivity index is 1.53. The number of carbonyl (C=O) groups is 1. The SMILES string of the molecule is CC(=O)N1CCN(c2nc(NCc3cccc(Cl)c3)c3cc(-c4c(C)noc4C)ccc3n2)CC1. The van der Waals surface area contributed by atoms with Gasteiger partial charge in [-0.3, -0.25) is 4.79 Å². The average Bonchev–Trinajstić information content (AvgIpc) is 3.20. The third-order valence-electron chi connectivity index (χ3n) is 6.36. The van der Waals surface area contributed by atoms with E-state index in [9.17, 15) is 4.79 Å². The number of benzene rings is 2. The summed E-state index contributed by atoms with van der Waals surface area (Å²) in [6, 6.07) is 13.9. The maximum atomic E-state index is 11.7. The second-order valence-corrected chi connectivity index (χ2v) is 9.22. The van der Waals surface area contributed by atoms with Gasteiger partial charge in [-0.25, -0.2) is 4.98 Å². The van der Waals surface area contributed by atoms with Crippen molar-refractivity contribution < 1.29 is 9.32 Å². The van der Waals surface area contributed by atoms with Crippen molar-refractivity contribution in [3.63, 3.8) is 0 Å². The number of anilines is 2. The normalized spacial score (nSPS) is 13.9. The summed E-state index contributed by atoms with van der Waals surface area (Å²) in [4.78, 5) is 25.5. The Labute approximate surface area is 208 Å². The molecule has 0 unspecified atom stereocenters. The van der Waals surface area contributed by atoms with Gasteiger partial charge in [-0.15, -0.1) is 0 Å². The summed E-state index contributed by atoms with van der Waals surface area (Å²) < 4.78 is 5.39. The van der Waals surface area contributed by atoms with E-state index in [4.69, 9.17) is 26.1 Å². The second-order valence-electron chi connectivity index (χ2n) is 8.78. The van der Waals surface area contributed by atoms with Crippen LogP contribution in [0.15, 0.2) is 47.0 Å². The van der Waals surface area contributed by atoms with E-state index in [1.165, 1.54) is 0 Å². The van der Waals surface area contributed by atoms with Crippen molar-refractivity contribution in [2.75, 3.05) is 36.4 Å². The minimum absolute atomic E-state index is 0.0970. The Morgan fingerprint density at radius 2 is 1.89 bits per heavy atom. The Kier molecular flexibility index (Phi) is 6.30. The molecular formula is C26H27ClN6O2. The molecule has 1 aliphatic rings. The summed E-state index contributed by atoms with van der Waals surface area (Å²) in [5.41, 5.74) is 4.73. The number of fused-ring (bicyclic) bond motifs is 1. The quantitative estimate of drug-likeness (QED) is 0.428. The van der Waals surface area contributed by atoms with Gasteiger partial charge in [0.1, 0.15) is 11.6 Å². The molecule has 0 spiro atoms. The minimum Gasteiger partial charge on any atom is -0.365 e. The molecule has 0 atom stereocenters. The van der Waals surface area contributed by atoms with Crippen LogP contribution in [-0.4, -0.2) is 52.1 Å². The highest BCUT2D eigenvalue weighted by Gasteiger charge is 2.22. The number of hydrogen-bond acceptors (Lipinski definition) is 7. The smallest absolute Gasteiger partial charge is 0.228 e. The molecule has 5 rings (SSSR count). The first kappa shape index (κ1) is 23.1. The van der Waals surface area contributed by atoms with Crippen molar-refractivity contribution in [1.82, 2.24) is 20.0 Å². The maximum absolute atomic E-state index is 11.7. The molecule has 1 amide bonds. The van der Waals surface area contributed by atoms with Gasteiger partial charge >= 0.3 is 0 Å². The molecule has 0 saturated carbocycles. The first-order valence-corrected chi connectivity index (χ1v) is 12.0. The van der Waals surface area contributed by atoms with Crippen LogP contribution in [0, 0.1) is 13.8 Å². The van der Waals surface area contributed by atoms with Crippen LogP contribution in [0.25, 0.3) is 22.0 Å². The molecule has 1 fully saturated rings. The lowest BCUT2D eigenvalue weighted by atomic mass is 10.0. The average molecular weight is 491 g/mol. The molecule has 2 aromatic carbocycles. The van der Waals surface area contributed by atoms with Crippen LogP contribution in [-0.2, 0) is 11.3 Å². The molecule has 4 aromatic rings.